The third kappa shape index (κ3) is 1.53. The maximum Gasteiger partial charge on any atom is 0.270 e. The van der Waals surface area contributed by atoms with Gasteiger partial charge in [0.1, 0.15) is 11.6 Å². The van der Waals surface area contributed by atoms with Crippen molar-refractivity contribution in [3.63, 3.8) is 0 Å². The van der Waals surface area contributed by atoms with Gasteiger partial charge in [0.15, 0.2) is 5.78 Å². The molecular weight excluding hydrogens is 256 g/mol. The maximum absolute atomic E-state index is 13.7. The molecule has 2 aromatic carbocycles. The molecule has 2 aromatic rings. The van der Waals surface area contributed by atoms with Crippen LogP contribution in [0.2, 0.25) is 0 Å². The van der Waals surface area contributed by atoms with Gasteiger partial charge in [-0.3, -0.25) is 14.9 Å². The van der Waals surface area contributed by atoms with Gasteiger partial charge in [-0.2, -0.15) is 0 Å². The zero-order valence-corrected chi connectivity index (χ0v) is 9.31. The molecule has 0 saturated heterocycles. The Kier molecular flexibility index (Phi) is 2.22. The van der Waals surface area contributed by atoms with Crippen LogP contribution in [0.15, 0.2) is 30.3 Å². The molecule has 0 N–H and O–H groups in total. The van der Waals surface area contributed by atoms with Gasteiger partial charge in [-0.25, -0.2) is 8.78 Å². The summed E-state index contributed by atoms with van der Waals surface area (Å²) < 4.78 is 26.9. The van der Waals surface area contributed by atoms with Gasteiger partial charge in [0.05, 0.1) is 4.92 Å². The normalized spacial score (nSPS) is 12.2. The average Bonchev–Trinajstić information content (AvgIpc) is 2.63. The molecule has 0 unspecified atom stereocenters. The Morgan fingerprint density at radius 2 is 1.74 bits per heavy atom. The first-order chi connectivity index (χ1) is 8.99. The van der Waals surface area contributed by atoms with Crippen molar-refractivity contribution in [2.45, 2.75) is 0 Å². The highest BCUT2D eigenvalue weighted by atomic mass is 19.1. The van der Waals surface area contributed by atoms with Crippen molar-refractivity contribution >= 4 is 11.5 Å². The van der Waals surface area contributed by atoms with Crippen LogP contribution in [0.3, 0.4) is 0 Å². The predicted octanol–water partition coefficient (Wildman–Crippen LogP) is 3.08. The highest BCUT2D eigenvalue weighted by molar-refractivity contribution is 6.22. The van der Waals surface area contributed by atoms with Crippen LogP contribution >= 0.6 is 0 Å². The summed E-state index contributed by atoms with van der Waals surface area (Å²) in [6.07, 6.45) is 0. The van der Waals surface area contributed by atoms with E-state index in [0.717, 1.165) is 12.1 Å². The van der Waals surface area contributed by atoms with E-state index >= 15 is 0 Å². The topological polar surface area (TPSA) is 60.2 Å². The Labute approximate surface area is 105 Å². The van der Waals surface area contributed by atoms with Crippen molar-refractivity contribution in [1.29, 1.82) is 0 Å². The molecule has 1 aliphatic rings. The van der Waals surface area contributed by atoms with Crippen molar-refractivity contribution in [2.75, 3.05) is 0 Å². The monoisotopic (exact) mass is 261 g/mol. The molecule has 0 heterocycles. The van der Waals surface area contributed by atoms with E-state index in [1.54, 1.807) is 0 Å². The summed E-state index contributed by atoms with van der Waals surface area (Å²) in [5.41, 5.74) is -0.0955. The summed E-state index contributed by atoms with van der Waals surface area (Å²) in [5.74, 6) is -2.31. The molecule has 4 nitrogen and oxygen atoms in total. The molecule has 0 radical (unpaired) electrons. The van der Waals surface area contributed by atoms with Crippen LogP contribution < -0.4 is 0 Å². The van der Waals surface area contributed by atoms with Crippen LogP contribution in [-0.2, 0) is 0 Å². The summed E-state index contributed by atoms with van der Waals surface area (Å²) in [5, 5.41) is 10.7. The van der Waals surface area contributed by atoms with Crippen LogP contribution in [0, 0.1) is 21.7 Å². The summed E-state index contributed by atoms with van der Waals surface area (Å²) in [7, 11) is 0. The first-order valence-corrected chi connectivity index (χ1v) is 5.31. The third-order valence-electron chi connectivity index (χ3n) is 3.03. The number of hydrogen-bond acceptors (Lipinski definition) is 3. The first-order valence-electron chi connectivity index (χ1n) is 5.31. The van der Waals surface area contributed by atoms with Crippen LogP contribution in [0.4, 0.5) is 14.5 Å². The smallest absolute Gasteiger partial charge is 0.270 e. The van der Waals surface area contributed by atoms with Gasteiger partial charge < -0.3 is 0 Å². The van der Waals surface area contributed by atoms with Crippen LogP contribution in [0.5, 0.6) is 0 Å². The van der Waals surface area contributed by atoms with Gasteiger partial charge >= 0.3 is 0 Å². The minimum atomic E-state index is -0.855. The second kappa shape index (κ2) is 3.68. The minimum Gasteiger partial charge on any atom is -0.289 e. The number of nitro groups is 1. The number of nitro benzene ring substituents is 1. The van der Waals surface area contributed by atoms with Gasteiger partial charge in [-0.15, -0.1) is 0 Å². The van der Waals surface area contributed by atoms with E-state index in [1.807, 2.05) is 0 Å². The van der Waals surface area contributed by atoms with E-state index in [2.05, 4.69) is 0 Å². The molecule has 0 amide bonds. The predicted molar refractivity (Wildman–Crippen MR) is 61.9 cm³/mol. The molecule has 0 atom stereocenters. The molecule has 0 bridgehead atoms. The van der Waals surface area contributed by atoms with Gasteiger partial charge in [-0.05, 0) is 17.7 Å². The number of carbonyl (C=O) groups excluding carboxylic acids is 1. The molecular formula is C13H5F2NO3. The lowest BCUT2D eigenvalue weighted by Crippen LogP contribution is -1.97. The molecule has 3 rings (SSSR count). The molecule has 6 heteroatoms. The number of hydrogen-bond donors (Lipinski definition) is 0. The number of non-ortho nitro benzene ring substituents is 1. The van der Waals surface area contributed by atoms with Crippen LogP contribution in [0.25, 0.3) is 11.1 Å². The number of ketones is 1. The first kappa shape index (κ1) is 11.5. The van der Waals surface area contributed by atoms with Crippen molar-refractivity contribution in [1.82, 2.24) is 0 Å². The SMILES string of the molecule is O=C1c2cc([N+](=O)[O-])ccc2-c2c(F)cc(F)cc21. The molecule has 0 fully saturated rings. The lowest BCUT2D eigenvalue weighted by Gasteiger charge is -2.01. The number of fused-ring (bicyclic) bond motifs is 3. The van der Waals surface area contributed by atoms with E-state index in [0.29, 0.717) is 6.07 Å². The van der Waals surface area contributed by atoms with Gasteiger partial charge in [0.2, 0.25) is 0 Å². The van der Waals surface area contributed by atoms with Crippen molar-refractivity contribution in [2.24, 2.45) is 0 Å². The van der Waals surface area contributed by atoms with Crippen molar-refractivity contribution < 1.29 is 18.5 Å². The molecule has 0 aliphatic heterocycles. The summed E-state index contributed by atoms with van der Waals surface area (Å²) in [6.45, 7) is 0. The second-order valence-corrected chi connectivity index (χ2v) is 4.13. The number of rotatable bonds is 1. The van der Waals surface area contributed by atoms with E-state index in [1.165, 1.54) is 12.1 Å². The zero-order valence-electron chi connectivity index (χ0n) is 9.31. The van der Waals surface area contributed by atoms with Gasteiger partial charge in [0, 0.05) is 34.9 Å². The fourth-order valence-corrected chi connectivity index (χ4v) is 2.22. The molecule has 0 saturated carbocycles. The van der Waals surface area contributed by atoms with Crippen LogP contribution in [-0.4, -0.2) is 10.7 Å². The Morgan fingerprint density at radius 3 is 2.42 bits per heavy atom. The fraction of sp³-hybridized carbons (Fsp3) is 0. The van der Waals surface area contributed by atoms with Gasteiger partial charge in [-0.1, -0.05) is 0 Å². The zero-order chi connectivity index (χ0) is 13.7. The molecule has 0 aromatic heterocycles. The van der Waals surface area contributed by atoms with E-state index in [-0.39, 0.29) is 27.9 Å². The lowest BCUT2D eigenvalue weighted by atomic mass is 10.0. The average molecular weight is 261 g/mol. The van der Waals surface area contributed by atoms with E-state index < -0.39 is 22.3 Å². The molecule has 0 spiro atoms. The Morgan fingerprint density at radius 1 is 1.00 bits per heavy atom. The minimum absolute atomic E-state index is 0.00343. The number of halogens is 2. The lowest BCUT2D eigenvalue weighted by molar-refractivity contribution is -0.384. The molecule has 94 valence electrons. The van der Waals surface area contributed by atoms with Crippen LogP contribution in [0.1, 0.15) is 15.9 Å². The van der Waals surface area contributed by atoms with E-state index in [9.17, 15) is 23.7 Å². The quantitative estimate of drug-likeness (QED) is 0.499. The Hall–Kier alpha value is -2.63. The largest absolute Gasteiger partial charge is 0.289 e. The maximum atomic E-state index is 13.7. The fourth-order valence-electron chi connectivity index (χ4n) is 2.22. The number of benzene rings is 2. The summed E-state index contributed by atoms with van der Waals surface area (Å²) >= 11 is 0. The molecule has 19 heavy (non-hydrogen) atoms. The molecule has 1 aliphatic carbocycles. The standard InChI is InChI=1S/C13H5F2NO3/c14-6-3-10-12(11(15)4-6)8-2-1-7(16(18)19)5-9(8)13(10)17/h1-5H. The van der Waals surface area contributed by atoms with Gasteiger partial charge in [0.25, 0.3) is 5.69 Å². The van der Waals surface area contributed by atoms with Crippen molar-refractivity contribution in [3.8, 4) is 11.1 Å². The Balaban J connectivity index is 2.31. The number of carbonyl (C=O) groups is 1. The summed E-state index contributed by atoms with van der Waals surface area (Å²) in [6, 6.07) is 5.19. The highest BCUT2D eigenvalue weighted by Crippen LogP contribution is 2.40. The highest BCUT2D eigenvalue weighted by Gasteiger charge is 2.31. The third-order valence-corrected chi connectivity index (χ3v) is 3.03. The Bertz CT molecular complexity index is 756. The van der Waals surface area contributed by atoms with Crippen molar-refractivity contribution in [3.05, 3.63) is 63.2 Å². The summed E-state index contributed by atoms with van der Waals surface area (Å²) in [4.78, 5) is 22.0. The number of nitrogens with zero attached hydrogens (tertiary/aromatic N) is 1. The second-order valence-electron chi connectivity index (χ2n) is 4.13. The van der Waals surface area contributed by atoms with E-state index in [4.69, 9.17) is 0 Å².